The van der Waals surface area contributed by atoms with Crippen molar-refractivity contribution in [1.29, 1.82) is 0 Å². The molecule has 194 valence electrons. The van der Waals surface area contributed by atoms with Crippen molar-refractivity contribution in [1.82, 2.24) is 9.80 Å². The van der Waals surface area contributed by atoms with Crippen molar-refractivity contribution in [3.63, 3.8) is 0 Å². The molecule has 2 aromatic carbocycles. The third-order valence-electron chi connectivity index (χ3n) is 6.66. The molecular weight excluding hydrogens is 456 g/mol. The molecule has 1 atom stereocenters. The number of hydrogen-bond acceptors (Lipinski definition) is 6. The number of carbonyl (C=O) groups is 2. The number of likely N-dealkylation sites (tertiary alicyclic amines) is 1. The Morgan fingerprint density at radius 1 is 1.03 bits per heavy atom. The Morgan fingerprint density at radius 3 is 2.22 bits per heavy atom. The van der Waals surface area contributed by atoms with Gasteiger partial charge in [-0.1, -0.05) is 46.8 Å². The van der Waals surface area contributed by atoms with E-state index < -0.39 is 17.7 Å². The number of nitrogens with zero attached hydrogens (tertiary/aromatic N) is 2. The summed E-state index contributed by atoms with van der Waals surface area (Å²) in [7, 11) is 0. The minimum absolute atomic E-state index is 0.0502. The highest BCUT2D eigenvalue weighted by atomic mass is 16.5. The Kier molecular flexibility index (Phi) is 8.46. The van der Waals surface area contributed by atoms with Crippen LogP contribution in [-0.2, 0) is 15.0 Å². The van der Waals surface area contributed by atoms with Crippen LogP contribution in [0.15, 0.2) is 48.0 Å². The lowest BCUT2D eigenvalue weighted by Gasteiger charge is -2.28. The summed E-state index contributed by atoms with van der Waals surface area (Å²) in [5, 5.41) is 21.3. The zero-order valence-corrected chi connectivity index (χ0v) is 22.2. The molecule has 3 rings (SSSR count). The van der Waals surface area contributed by atoms with Crippen LogP contribution in [0.5, 0.6) is 11.5 Å². The Morgan fingerprint density at radius 2 is 1.67 bits per heavy atom. The summed E-state index contributed by atoms with van der Waals surface area (Å²) in [5.74, 6) is -0.762. The average Bonchev–Trinajstić information content (AvgIpc) is 3.09. The molecule has 0 saturated carbocycles. The molecule has 2 aromatic rings. The van der Waals surface area contributed by atoms with Gasteiger partial charge in [0.15, 0.2) is 0 Å². The number of phenolic OH excluding ortho intramolecular Hbond substituents is 1. The van der Waals surface area contributed by atoms with Gasteiger partial charge in [-0.25, -0.2) is 0 Å². The van der Waals surface area contributed by atoms with Crippen molar-refractivity contribution in [3.05, 3.63) is 64.7 Å². The molecule has 2 N–H and O–H groups in total. The van der Waals surface area contributed by atoms with Crippen molar-refractivity contribution < 1.29 is 24.5 Å². The minimum atomic E-state index is -0.759. The molecule has 1 amide bonds. The number of ether oxygens (including phenoxy) is 1. The van der Waals surface area contributed by atoms with Crippen molar-refractivity contribution in [2.45, 2.75) is 53.0 Å². The van der Waals surface area contributed by atoms with Crippen molar-refractivity contribution in [2.75, 3.05) is 32.8 Å². The first-order valence-corrected chi connectivity index (χ1v) is 12.6. The van der Waals surface area contributed by atoms with Crippen LogP contribution < -0.4 is 4.74 Å². The van der Waals surface area contributed by atoms with E-state index in [-0.39, 0.29) is 22.5 Å². The lowest BCUT2D eigenvalue weighted by atomic mass is 9.84. The van der Waals surface area contributed by atoms with Crippen LogP contribution in [-0.4, -0.2) is 64.5 Å². The Balaban J connectivity index is 2.16. The summed E-state index contributed by atoms with van der Waals surface area (Å²) < 4.78 is 5.80. The van der Waals surface area contributed by atoms with E-state index in [0.717, 1.165) is 24.4 Å². The first kappa shape index (κ1) is 27.3. The molecule has 36 heavy (non-hydrogen) atoms. The Hall–Kier alpha value is -3.32. The van der Waals surface area contributed by atoms with Crippen LogP contribution in [0.25, 0.3) is 5.76 Å². The average molecular weight is 495 g/mol. The number of likely N-dealkylation sites (N-methyl/N-ethyl adjacent to an activating group) is 1. The molecule has 1 aliphatic rings. The normalized spacial score (nSPS) is 17.8. The van der Waals surface area contributed by atoms with Gasteiger partial charge in [0, 0.05) is 24.2 Å². The molecule has 0 radical (unpaired) electrons. The van der Waals surface area contributed by atoms with Gasteiger partial charge in [0.25, 0.3) is 11.7 Å². The molecule has 0 bridgehead atoms. The molecule has 1 saturated heterocycles. The number of aromatic hydroxyl groups is 1. The predicted octanol–water partition coefficient (Wildman–Crippen LogP) is 4.85. The number of amides is 1. The predicted molar refractivity (Wildman–Crippen MR) is 141 cm³/mol. The van der Waals surface area contributed by atoms with E-state index in [0.29, 0.717) is 30.8 Å². The number of aliphatic hydroxyl groups is 1. The first-order valence-electron chi connectivity index (χ1n) is 12.6. The van der Waals surface area contributed by atoms with E-state index in [9.17, 15) is 19.8 Å². The summed E-state index contributed by atoms with van der Waals surface area (Å²) in [6, 6.07) is 11.0. The van der Waals surface area contributed by atoms with Gasteiger partial charge in [-0.2, -0.15) is 0 Å². The fourth-order valence-corrected chi connectivity index (χ4v) is 4.60. The number of aliphatic hydroxyl groups excluding tert-OH is 1. The molecule has 0 aliphatic carbocycles. The first-order chi connectivity index (χ1) is 17.0. The zero-order chi connectivity index (χ0) is 26.6. The molecule has 1 unspecified atom stereocenters. The summed E-state index contributed by atoms with van der Waals surface area (Å²) in [6.45, 7) is 15.3. The lowest BCUT2D eigenvalue weighted by Crippen LogP contribution is -2.38. The van der Waals surface area contributed by atoms with Gasteiger partial charge < -0.3 is 24.7 Å². The molecule has 7 nitrogen and oxygen atoms in total. The molecule has 1 fully saturated rings. The molecule has 1 aliphatic heterocycles. The third kappa shape index (κ3) is 5.57. The van der Waals surface area contributed by atoms with Crippen LogP contribution in [0.3, 0.4) is 0 Å². The van der Waals surface area contributed by atoms with Crippen LogP contribution in [0.2, 0.25) is 0 Å². The summed E-state index contributed by atoms with van der Waals surface area (Å²) in [4.78, 5) is 30.2. The number of ketones is 1. The number of Topliss-reactive ketones (excluding diaryl/α,β-unsaturated/α-hetero) is 1. The molecule has 7 heteroatoms. The van der Waals surface area contributed by atoms with E-state index in [4.69, 9.17) is 4.74 Å². The minimum Gasteiger partial charge on any atom is -0.508 e. The number of carbonyl (C=O) groups excluding carboxylic acids is 2. The molecule has 0 aromatic heterocycles. The highest BCUT2D eigenvalue weighted by Crippen LogP contribution is 2.41. The quantitative estimate of drug-likeness (QED) is 0.294. The van der Waals surface area contributed by atoms with Gasteiger partial charge in [0.2, 0.25) is 0 Å². The van der Waals surface area contributed by atoms with E-state index in [1.165, 1.54) is 17.0 Å². The van der Waals surface area contributed by atoms with Gasteiger partial charge in [-0.3, -0.25) is 9.59 Å². The van der Waals surface area contributed by atoms with Gasteiger partial charge >= 0.3 is 0 Å². The second-order valence-electron chi connectivity index (χ2n) is 10.0. The highest BCUT2D eigenvalue weighted by molar-refractivity contribution is 6.46. The van der Waals surface area contributed by atoms with Gasteiger partial charge in [0.05, 0.1) is 18.2 Å². The van der Waals surface area contributed by atoms with Gasteiger partial charge in [-0.15, -0.1) is 0 Å². The number of hydrogen-bond donors (Lipinski definition) is 2. The largest absolute Gasteiger partial charge is 0.508 e. The van der Waals surface area contributed by atoms with Gasteiger partial charge in [-0.05, 0) is 61.3 Å². The Bertz CT molecular complexity index is 1130. The highest BCUT2D eigenvalue weighted by Gasteiger charge is 2.46. The summed E-state index contributed by atoms with van der Waals surface area (Å²) >= 11 is 0. The van der Waals surface area contributed by atoms with E-state index in [1.807, 2.05) is 26.8 Å². The van der Waals surface area contributed by atoms with Crippen molar-refractivity contribution in [2.24, 2.45) is 0 Å². The Labute approximate surface area is 214 Å². The standard InChI is InChI=1S/C29H38N2O5/c1-7-30(8-2)16-17-31-25(19-10-13-21(32)14-11-19)24(27(34)28(31)35)26(33)20-12-15-23(36-9-3)22(18-20)29(4,5)6/h10-15,18,25,32-33H,7-9,16-17H2,1-6H3/b26-24-. The zero-order valence-electron chi connectivity index (χ0n) is 22.2. The monoisotopic (exact) mass is 494 g/mol. The van der Waals surface area contributed by atoms with Crippen LogP contribution in [0, 0.1) is 0 Å². The number of rotatable bonds is 9. The smallest absolute Gasteiger partial charge is 0.295 e. The van der Waals surface area contributed by atoms with Crippen LogP contribution in [0.1, 0.15) is 64.3 Å². The van der Waals surface area contributed by atoms with Crippen molar-refractivity contribution >= 4 is 17.4 Å². The third-order valence-corrected chi connectivity index (χ3v) is 6.66. The number of phenols is 1. The fourth-order valence-electron chi connectivity index (χ4n) is 4.60. The van der Waals surface area contributed by atoms with Gasteiger partial charge in [0.1, 0.15) is 17.3 Å². The topological polar surface area (TPSA) is 90.3 Å². The summed E-state index contributed by atoms with van der Waals surface area (Å²) in [5.41, 5.74) is 1.77. The maximum Gasteiger partial charge on any atom is 0.295 e. The maximum atomic E-state index is 13.3. The fraction of sp³-hybridized carbons (Fsp3) is 0.448. The maximum absolute atomic E-state index is 13.3. The van der Waals surface area contributed by atoms with Crippen LogP contribution in [0.4, 0.5) is 0 Å². The van der Waals surface area contributed by atoms with Crippen molar-refractivity contribution in [3.8, 4) is 11.5 Å². The molecule has 1 heterocycles. The van der Waals surface area contributed by atoms with Crippen LogP contribution >= 0.6 is 0 Å². The number of benzene rings is 2. The molecular formula is C29H38N2O5. The second-order valence-corrected chi connectivity index (χ2v) is 10.0. The lowest BCUT2D eigenvalue weighted by molar-refractivity contribution is -0.140. The SMILES string of the molecule is CCOc1ccc(/C(O)=C2/C(=O)C(=O)N(CCN(CC)CC)C2c2ccc(O)cc2)cc1C(C)(C)C. The molecule has 0 spiro atoms. The van der Waals surface area contributed by atoms with E-state index in [2.05, 4.69) is 25.7 Å². The van der Waals surface area contributed by atoms with E-state index >= 15 is 0 Å². The van der Waals surface area contributed by atoms with E-state index in [1.54, 1.807) is 24.3 Å². The second kappa shape index (κ2) is 11.2. The summed E-state index contributed by atoms with van der Waals surface area (Å²) in [6.07, 6.45) is 0.